The van der Waals surface area contributed by atoms with E-state index in [9.17, 15) is 9.59 Å². The molecule has 0 saturated heterocycles. The number of carbonyl (C=O) groups excluding carboxylic acids is 1. The predicted molar refractivity (Wildman–Crippen MR) is 62.5 cm³/mol. The molecule has 1 amide bonds. The molecule has 0 aromatic carbocycles. The maximum atomic E-state index is 11.7. The lowest BCUT2D eigenvalue weighted by atomic mass is 9.79. The van der Waals surface area contributed by atoms with Crippen LogP contribution in [0.4, 0.5) is 0 Å². The third-order valence-corrected chi connectivity index (χ3v) is 3.32. The van der Waals surface area contributed by atoms with Crippen LogP contribution in [0.15, 0.2) is 0 Å². The summed E-state index contributed by atoms with van der Waals surface area (Å²) in [7, 11) is 0. The minimum atomic E-state index is -0.838. The number of amides is 1. The Kier molecular flexibility index (Phi) is 4.93. The molecule has 0 spiro atoms. The fraction of sp³-hybridized carbons (Fsp3) is 0.833. The number of hydrogen-bond acceptors (Lipinski definition) is 3. The second-order valence-electron chi connectivity index (χ2n) is 5.11. The molecule has 5 heteroatoms. The molecule has 3 N–H and O–H groups in total. The quantitative estimate of drug-likeness (QED) is 0.647. The van der Waals surface area contributed by atoms with E-state index >= 15 is 0 Å². The number of hydrogen-bond donors (Lipinski definition) is 3. The first kappa shape index (κ1) is 14.0. The standard InChI is InChI=1S/C12H21NO4/c1-9(14)8-13-10(15)6-12(7-11(16)17)4-2-3-5-12/h9,14H,2-8H2,1H3,(H,13,15)(H,16,17). The first-order chi connectivity index (χ1) is 7.93. The summed E-state index contributed by atoms with van der Waals surface area (Å²) in [5.41, 5.74) is -0.366. The normalized spacial score (nSPS) is 19.9. The zero-order valence-electron chi connectivity index (χ0n) is 10.2. The van der Waals surface area contributed by atoms with Gasteiger partial charge in [0.1, 0.15) is 0 Å². The predicted octanol–water partition coefficient (Wildman–Crippen LogP) is 0.909. The maximum Gasteiger partial charge on any atom is 0.303 e. The highest BCUT2D eigenvalue weighted by Crippen LogP contribution is 2.43. The van der Waals surface area contributed by atoms with Crippen LogP contribution in [0.2, 0.25) is 0 Å². The fourth-order valence-electron chi connectivity index (χ4n) is 2.53. The van der Waals surface area contributed by atoms with E-state index in [1.54, 1.807) is 6.92 Å². The number of carbonyl (C=O) groups is 2. The topological polar surface area (TPSA) is 86.6 Å². The molecule has 0 aromatic rings. The number of aliphatic hydroxyl groups is 1. The van der Waals surface area contributed by atoms with Crippen LogP contribution < -0.4 is 5.32 Å². The van der Waals surface area contributed by atoms with Crippen molar-refractivity contribution in [3.8, 4) is 0 Å². The second kappa shape index (κ2) is 6.00. The number of carboxylic acid groups (broad SMARTS) is 1. The van der Waals surface area contributed by atoms with E-state index in [0.29, 0.717) is 0 Å². The first-order valence-electron chi connectivity index (χ1n) is 6.10. The van der Waals surface area contributed by atoms with Crippen LogP contribution >= 0.6 is 0 Å². The third-order valence-electron chi connectivity index (χ3n) is 3.32. The molecule has 1 aliphatic rings. The van der Waals surface area contributed by atoms with Gasteiger partial charge in [-0.3, -0.25) is 9.59 Å². The van der Waals surface area contributed by atoms with E-state index < -0.39 is 12.1 Å². The van der Waals surface area contributed by atoms with Gasteiger partial charge in [0.15, 0.2) is 0 Å². The molecular formula is C12H21NO4. The van der Waals surface area contributed by atoms with Gasteiger partial charge in [-0.1, -0.05) is 12.8 Å². The average Bonchev–Trinajstić information content (AvgIpc) is 2.62. The van der Waals surface area contributed by atoms with Gasteiger partial charge in [-0.25, -0.2) is 0 Å². The summed E-state index contributed by atoms with van der Waals surface area (Å²) in [6, 6.07) is 0. The van der Waals surface area contributed by atoms with Crippen molar-refractivity contribution in [2.45, 2.75) is 51.6 Å². The van der Waals surface area contributed by atoms with E-state index in [1.165, 1.54) is 0 Å². The summed E-state index contributed by atoms with van der Waals surface area (Å²) in [5.74, 6) is -0.996. The maximum absolute atomic E-state index is 11.7. The first-order valence-corrected chi connectivity index (χ1v) is 6.10. The number of carboxylic acids is 1. The molecule has 1 saturated carbocycles. The Hall–Kier alpha value is -1.10. The van der Waals surface area contributed by atoms with Crippen LogP contribution in [0.5, 0.6) is 0 Å². The van der Waals surface area contributed by atoms with Gasteiger partial charge in [0.25, 0.3) is 0 Å². The summed E-state index contributed by atoms with van der Waals surface area (Å²) >= 11 is 0. The Bertz CT molecular complexity index is 282. The highest BCUT2D eigenvalue weighted by Gasteiger charge is 2.37. The summed E-state index contributed by atoms with van der Waals surface area (Å²) in [5, 5.41) is 20.6. The van der Waals surface area contributed by atoms with E-state index in [4.69, 9.17) is 10.2 Å². The highest BCUT2D eigenvalue weighted by molar-refractivity contribution is 5.78. The molecule has 1 rings (SSSR count). The number of aliphatic hydroxyl groups excluding tert-OH is 1. The van der Waals surface area contributed by atoms with E-state index in [-0.39, 0.29) is 30.7 Å². The summed E-state index contributed by atoms with van der Waals surface area (Å²) in [6.45, 7) is 1.82. The lowest BCUT2D eigenvalue weighted by molar-refractivity contribution is -0.140. The molecule has 1 aliphatic carbocycles. The number of rotatable bonds is 6. The van der Waals surface area contributed by atoms with Crippen molar-refractivity contribution in [1.29, 1.82) is 0 Å². The third kappa shape index (κ3) is 4.73. The Morgan fingerprint density at radius 2 is 1.88 bits per heavy atom. The Balaban J connectivity index is 2.49. The zero-order valence-corrected chi connectivity index (χ0v) is 10.2. The van der Waals surface area contributed by atoms with Gasteiger partial charge in [0, 0.05) is 13.0 Å². The van der Waals surface area contributed by atoms with Crippen molar-refractivity contribution in [2.75, 3.05) is 6.54 Å². The molecule has 1 unspecified atom stereocenters. The SMILES string of the molecule is CC(O)CNC(=O)CC1(CC(=O)O)CCCC1. The van der Waals surface area contributed by atoms with Gasteiger partial charge in [0.05, 0.1) is 12.5 Å². The largest absolute Gasteiger partial charge is 0.481 e. The fourth-order valence-corrected chi connectivity index (χ4v) is 2.53. The smallest absolute Gasteiger partial charge is 0.303 e. The Morgan fingerprint density at radius 1 is 1.29 bits per heavy atom. The Morgan fingerprint density at radius 3 is 2.35 bits per heavy atom. The van der Waals surface area contributed by atoms with Crippen LogP contribution in [0.25, 0.3) is 0 Å². The lowest BCUT2D eigenvalue weighted by Crippen LogP contribution is -2.35. The summed E-state index contributed by atoms with van der Waals surface area (Å²) in [4.78, 5) is 22.5. The van der Waals surface area contributed by atoms with Crippen LogP contribution in [0, 0.1) is 5.41 Å². The molecule has 5 nitrogen and oxygen atoms in total. The minimum Gasteiger partial charge on any atom is -0.481 e. The highest BCUT2D eigenvalue weighted by atomic mass is 16.4. The molecule has 1 fully saturated rings. The number of nitrogens with one attached hydrogen (secondary N) is 1. The van der Waals surface area contributed by atoms with E-state index in [0.717, 1.165) is 25.7 Å². The second-order valence-corrected chi connectivity index (χ2v) is 5.11. The van der Waals surface area contributed by atoms with Crippen molar-refractivity contribution in [1.82, 2.24) is 5.32 Å². The van der Waals surface area contributed by atoms with Crippen LogP contribution in [0.3, 0.4) is 0 Å². The molecule has 0 aliphatic heterocycles. The minimum absolute atomic E-state index is 0.0646. The molecule has 0 heterocycles. The van der Waals surface area contributed by atoms with Crippen LogP contribution in [0.1, 0.15) is 45.4 Å². The van der Waals surface area contributed by atoms with Gasteiger partial charge in [-0.05, 0) is 25.2 Å². The molecule has 0 bridgehead atoms. The Labute approximate surface area is 101 Å². The van der Waals surface area contributed by atoms with Crippen molar-refractivity contribution in [3.63, 3.8) is 0 Å². The van der Waals surface area contributed by atoms with Gasteiger partial charge in [0.2, 0.25) is 5.91 Å². The van der Waals surface area contributed by atoms with Gasteiger partial charge in [-0.2, -0.15) is 0 Å². The molecule has 17 heavy (non-hydrogen) atoms. The molecule has 1 atom stereocenters. The van der Waals surface area contributed by atoms with Crippen molar-refractivity contribution in [2.24, 2.45) is 5.41 Å². The zero-order chi connectivity index (χ0) is 12.9. The summed E-state index contributed by atoms with van der Waals surface area (Å²) < 4.78 is 0. The van der Waals surface area contributed by atoms with E-state index in [1.807, 2.05) is 0 Å². The molecule has 0 aromatic heterocycles. The van der Waals surface area contributed by atoms with E-state index in [2.05, 4.69) is 5.32 Å². The molecular weight excluding hydrogens is 222 g/mol. The van der Waals surface area contributed by atoms with Crippen LogP contribution in [-0.4, -0.2) is 34.7 Å². The molecule has 0 radical (unpaired) electrons. The van der Waals surface area contributed by atoms with Gasteiger partial charge >= 0.3 is 5.97 Å². The van der Waals surface area contributed by atoms with Crippen molar-refractivity contribution < 1.29 is 19.8 Å². The lowest BCUT2D eigenvalue weighted by Gasteiger charge is -2.26. The van der Waals surface area contributed by atoms with Crippen molar-refractivity contribution >= 4 is 11.9 Å². The monoisotopic (exact) mass is 243 g/mol. The summed E-state index contributed by atoms with van der Waals surface area (Å²) in [6.07, 6.45) is 3.36. The van der Waals surface area contributed by atoms with Gasteiger partial charge in [-0.15, -0.1) is 0 Å². The number of aliphatic carboxylic acids is 1. The van der Waals surface area contributed by atoms with Crippen molar-refractivity contribution in [3.05, 3.63) is 0 Å². The average molecular weight is 243 g/mol. The van der Waals surface area contributed by atoms with Crippen LogP contribution in [-0.2, 0) is 9.59 Å². The van der Waals surface area contributed by atoms with Gasteiger partial charge < -0.3 is 15.5 Å². The molecule has 98 valence electrons.